The van der Waals surface area contributed by atoms with E-state index in [-0.39, 0.29) is 5.91 Å². The highest BCUT2D eigenvalue weighted by atomic mass is 16.2. The van der Waals surface area contributed by atoms with Crippen molar-refractivity contribution < 1.29 is 4.79 Å². The Morgan fingerprint density at radius 2 is 2.00 bits per heavy atom. The molecular formula is C15H14N2O. The molecule has 1 aromatic heterocycles. The van der Waals surface area contributed by atoms with E-state index in [2.05, 4.69) is 31.0 Å². The third-order valence-corrected chi connectivity index (χ3v) is 3.52. The van der Waals surface area contributed by atoms with Gasteiger partial charge in [-0.25, -0.2) is 0 Å². The monoisotopic (exact) mass is 238 g/mol. The molecule has 0 saturated heterocycles. The van der Waals surface area contributed by atoms with Gasteiger partial charge in [0, 0.05) is 18.1 Å². The summed E-state index contributed by atoms with van der Waals surface area (Å²) in [6.45, 7) is 4.77. The van der Waals surface area contributed by atoms with Crippen molar-refractivity contribution in [1.82, 2.24) is 4.98 Å². The maximum Gasteiger partial charge on any atom is 0.260 e. The number of rotatable bonds is 1. The summed E-state index contributed by atoms with van der Waals surface area (Å²) in [6, 6.07) is 8.03. The number of benzene rings is 1. The van der Waals surface area contributed by atoms with E-state index in [0.717, 1.165) is 16.8 Å². The number of hydrogen-bond donors (Lipinski definition) is 0. The molecule has 3 rings (SSSR count). The van der Waals surface area contributed by atoms with Crippen molar-refractivity contribution in [1.29, 1.82) is 0 Å². The molecule has 1 amide bonds. The van der Waals surface area contributed by atoms with Crippen molar-refractivity contribution in [2.45, 2.75) is 20.4 Å². The van der Waals surface area contributed by atoms with Gasteiger partial charge in [0.05, 0.1) is 12.1 Å². The molecule has 0 spiro atoms. The normalized spacial score (nSPS) is 13.9. The highest BCUT2D eigenvalue weighted by Crippen LogP contribution is 2.28. The summed E-state index contributed by atoms with van der Waals surface area (Å²) >= 11 is 0. The van der Waals surface area contributed by atoms with Gasteiger partial charge in [-0.15, -0.1) is 0 Å². The van der Waals surface area contributed by atoms with Gasteiger partial charge in [0.1, 0.15) is 0 Å². The smallest absolute Gasteiger partial charge is 0.260 e. The van der Waals surface area contributed by atoms with Gasteiger partial charge < -0.3 is 4.90 Å². The van der Waals surface area contributed by atoms with Crippen LogP contribution in [-0.4, -0.2) is 10.9 Å². The fraction of sp³-hybridized carbons (Fsp3) is 0.200. The van der Waals surface area contributed by atoms with E-state index in [4.69, 9.17) is 0 Å². The number of carbonyl (C=O) groups is 1. The van der Waals surface area contributed by atoms with E-state index in [1.807, 2.05) is 12.1 Å². The first-order valence-corrected chi connectivity index (χ1v) is 5.99. The number of aromatic nitrogens is 1. The summed E-state index contributed by atoms with van der Waals surface area (Å²) in [7, 11) is 0. The second-order valence-electron chi connectivity index (χ2n) is 4.69. The topological polar surface area (TPSA) is 33.2 Å². The second-order valence-corrected chi connectivity index (χ2v) is 4.69. The number of aryl methyl sites for hydroxylation is 2. The molecule has 0 bridgehead atoms. The van der Waals surface area contributed by atoms with Gasteiger partial charge in [-0.1, -0.05) is 6.07 Å². The molecule has 1 aliphatic rings. The molecule has 0 radical (unpaired) electrons. The van der Waals surface area contributed by atoms with Crippen LogP contribution in [0.2, 0.25) is 0 Å². The number of amides is 1. The van der Waals surface area contributed by atoms with Gasteiger partial charge >= 0.3 is 0 Å². The van der Waals surface area contributed by atoms with Crippen LogP contribution >= 0.6 is 0 Å². The maximum absolute atomic E-state index is 12.3. The van der Waals surface area contributed by atoms with Crippen molar-refractivity contribution in [3.63, 3.8) is 0 Å². The summed E-state index contributed by atoms with van der Waals surface area (Å²) < 4.78 is 0. The minimum atomic E-state index is 0.0429. The minimum Gasteiger partial charge on any atom is -0.304 e. The highest BCUT2D eigenvalue weighted by molar-refractivity contribution is 6.09. The van der Waals surface area contributed by atoms with E-state index >= 15 is 0 Å². The van der Waals surface area contributed by atoms with Crippen LogP contribution in [0.4, 0.5) is 5.69 Å². The Hall–Kier alpha value is -2.16. The lowest BCUT2D eigenvalue weighted by Gasteiger charge is -2.17. The number of hydrogen-bond acceptors (Lipinski definition) is 2. The first-order chi connectivity index (χ1) is 8.66. The van der Waals surface area contributed by atoms with Gasteiger partial charge in [-0.3, -0.25) is 9.78 Å². The number of carbonyl (C=O) groups excluding carboxylic acids is 1. The molecule has 2 aromatic rings. The number of anilines is 1. The van der Waals surface area contributed by atoms with E-state index in [0.29, 0.717) is 6.54 Å². The van der Waals surface area contributed by atoms with Crippen molar-refractivity contribution in [3.8, 4) is 0 Å². The molecule has 0 aliphatic carbocycles. The summed E-state index contributed by atoms with van der Waals surface area (Å²) in [5.41, 5.74) is 5.17. The lowest BCUT2D eigenvalue weighted by atomic mass is 10.1. The van der Waals surface area contributed by atoms with E-state index in [9.17, 15) is 4.79 Å². The maximum atomic E-state index is 12.3. The average Bonchev–Trinajstić information content (AvgIpc) is 2.71. The van der Waals surface area contributed by atoms with Crippen molar-refractivity contribution in [2.24, 2.45) is 0 Å². The Morgan fingerprint density at radius 3 is 2.72 bits per heavy atom. The Balaban J connectivity index is 2.01. The molecule has 3 heteroatoms. The predicted octanol–water partition coefficient (Wildman–Crippen LogP) is 2.86. The summed E-state index contributed by atoms with van der Waals surface area (Å²) in [5.74, 6) is 0.0429. The summed E-state index contributed by atoms with van der Waals surface area (Å²) in [5, 5.41) is 0. The molecule has 3 nitrogen and oxygen atoms in total. The zero-order chi connectivity index (χ0) is 12.7. The van der Waals surface area contributed by atoms with E-state index < -0.39 is 0 Å². The molecule has 1 aromatic carbocycles. The summed E-state index contributed by atoms with van der Waals surface area (Å²) in [4.78, 5) is 18.1. The first kappa shape index (κ1) is 11.0. The molecular weight excluding hydrogens is 224 g/mol. The van der Waals surface area contributed by atoms with Crippen LogP contribution in [0.15, 0.2) is 36.7 Å². The third kappa shape index (κ3) is 1.59. The molecule has 0 unspecified atom stereocenters. The Morgan fingerprint density at radius 1 is 1.17 bits per heavy atom. The van der Waals surface area contributed by atoms with E-state index in [1.54, 1.807) is 17.3 Å². The zero-order valence-electron chi connectivity index (χ0n) is 10.5. The number of nitrogens with zero attached hydrogens (tertiary/aromatic N) is 2. The molecule has 2 heterocycles. The zero-order valence-corrected chi connectivity index (χ0v) is 10.5. The lowest BCUT2D eigenvalue weighted by Crippen LogP contribution is -2.23. The standard InChI is InChI=1S/C15H14N2O/c1-10-3-4-13(7-11(10)2)17-9-12-5-6-16-8-14(12)15(17)18/h3-8H,9H2,1-2H3. The lowest BCUT2D eigenvalue weighted by molar-refractivity contribution is 0.0996. The number of pyridine rings is 1. The summed E-state index contributed by atoms with van der Waals surface area (Å²) in [6.07, 6.45) is 3.38. The van der Waals surface area contributed by atoms with E-state index in [1.165, 1.54) is 11.1 Å². The molecule has 0 fully saturated rings. The van der Waals surface area contributed by atoms with Crippen LogP contribution in [0.1, 0.15) is 27.0 Å². The van der Waals surface area contributed by atoms with Crippen LogP contribution in [-0.2, 0) is 6.54 Å². The molecule has 18 heavy (non-hydrogen) atoms. The Bertz CT molecular complexity index is 634. The largest absolute Gasteiger partial charge is 0.304 e. The van der Waals surface area contributed by atoms with Crippen LogP contribution in [0, 0.1) is 13.8 Å². The third-order valence-electron chi connectivity index (χ3n) is 3.52. The van der Waals surface area contributed by atoms with Gasteiger partial charge in [-0.05, 0) is 48.7 Å². The fourth-order valence-corrected chi connectivity index (χ4v) is 2.24. The Labute approximate surface area is 106 Å². The Kier molecular flexibility index (Phi) is 2.40. The van der Waals surface area contributed by atoms with Crippen LogP contribution < -0.4 is 4.90 Å². The molecule has 1 aliphatic heterocycles. The van der Waals surface area contributed by atoms with Crippen LogP contribution in [0.25, 0.3) is 0 Å². The molecule has 0 N–H and O–H groups in total. The first-order valence-electron chi connectivity index (χ1n) is 5.99. The SMILES string of the molecule is Cc1ccc(N2Cc3ccncc3C2=O)cc1C. The second kappa shape index (κ2) is 3.95. The van der Waals surface area contributed by atoms with Gasteiger partial charge in [0.15, 0.2) is 0 Å². The fourth-order valence-electron chi connectivity index (χ4n) is 2.24. The van der Waals surface area contributed by atoms with Gasteiger partial charge in [0.2, 0.25) is 0 Å². The van der Waals surface area contributed by atoms with Crippen LogP contribution in [0.5, 0.6) is 0 Å². The van der Waals surface area contributed by atoms with Crippen LogP contribution in [0.3, 0.4) is 0 Å². The van der Waals surface area contributed by atoms with Crippen molar-refractivity contribution in [3.05, 3.63) is 58.9 Å². The molecule has 0 saturated carbocycles. The highest BCUT2D eigenvalue weighted by Gasteiger charge is 2.28. The molecule has 0 atom stereocenters. The van der Waals surface area contributed by atoms with Crippen molar-refractivity contribution >= 4 is 11.6 Å². The molecule has 90 valence electrons. The minimum absolute atomic E-state index is 0.0429. The van der Waals surface area contributed by atoms with Gasteiger partial charge in [0.25, 0.3) is 5.91 Å². The number of fused-ring (bicyclic) bond motifs is 1. The average molecular weight is 238 g/mol. The predicted molar refractivity (Wildman–Crippen MR) is 70.7 cm³/mol. The van der Waals surface area contributed by atoms with Gasteiger partial charge in [-0.2, -0.15) is 0 Å². The quantitative estimate of drug-likeness (QED) is 0.765. The van der Waals surface area contributed by atoms with Crippen molar-refractivity contribution in [2.75, 3.05) is 4.90 Å².